The monoisotopic (exact) mass is 236 g/mol. The normalized spacial score (nSPS) is 12.9. The minimum atomic E-state index is 0.120. The van der Waals surface area contributed by atoms with E-state index in [4.69, 9.17) is 5.73 Å². The fourth-order valence-corrected chi connectivity index (χ4v) is 2.41. The van der Waals surface area contributed by atoms with Crippen molar-refractivity contribution in [1.82, 2.24) is 9.97 Å². The molecule has 0 saturated heterocycles. The van der Waals surface area contributed by atoms with Crippen LogP contribution in [0.5, 0.6) is 0 Å². The topological polar surface area (TPSA) is 63.8 Å². The van der Waals surface area contributed by atoms with Crippen molar-refractivity contribution in [2.45, 2.75) is 26.3 Å². The van der Waals surface area contributed by atoms with Gasteiger partial charge in [-0.1, -0.05) is 6.92 Å². The number of hydrogen-bond donors (Lipinski definition) is 2. The highest BCUT2D eigenvalue weighted by atomic mass is 32.1. The first-order valence-corrected chi connectivity index (χ1v) is 6.25. The molecule has 0 aliphatic carbocycles. The maximum atomic E-state index is 5.71. The van der Waals surface area contributed by atoms with E-state index in [2.05, 4.69) is 28.3 Å². The molecule has 0 fully saturated rings. The van der Waals surface area contributed by atoms with Gasteiger partial charge in [-0.05, 0) is 19.4 Å². The number of nitrogens with one attached hydrogen (secondary N) is 1. The standard InChI is InChI=1S/C11H16N4S/c1-3-8-4-9-10(13-5-7(2)12)14-6-15-11(9)16-8/h4,6-7H,3,5,12H2,1-2H3,(H,13,14,15). The molecule has 0 spiro atoms. The highest BCUT2D eigenvalue weighted by Crippen LogP contribution is 2.28. The van der Waals surface area contributed by atoms with Crippen molar-refractivity contribution in [2.24, 2.45) is 5.73 Å². The van der Waals surface area contributed by atoms with Crippen molar-refractivity contribution in [3.63, 3.8) is 0 Å². The van der Waals surface area contributed by atoms with Gasteiger partial charge in [0.25, 0.3) is 0 Å². The van der Waals surface area contributed by atoms with Gasteiger partial charge < -0.3 is 11.1 Å². The molecule has 2 aromatic heterocycles. The van der Waals surface area contributed by atoms with Crippen LogP contribution >= 0.6 is 11.3 Å². The summed E-state index contributed by atoms with van der Waals surface area (Å²) in [5.41, 5.74) is 5.71. The summed E-state index contributed by atoms with van der Waals surface area (Å²) in [4.78, 5) is 10.9. The molecule has 3 N–H and O–H groups in total. The molecule has 0 saturated carbocycles. The summed E-state index contributed by atoms with van der Waals surface area (Å²) < 4.78 is 0. The van der Waals surface area contributed by atoms with Gasteiger partial charge in [0.15, 0.2) is 0 Å². The van der Waals surface area contributed by atoms with E-state index in [-0.39, 0.29) is 6.04 Å². The minimum Gasteiger partial charge on any atom is -0.368 e. The molecule has 1 atom stereocenters. The van der Waals surface area contributed by atoms with Crippen LogP contribution in [-0.4, -0.2) is 22.6 Å². The molecule has 0 aromatic carbocycles. The predicted octanol–water partition coefficient (Wildman–Crippen LogP) is 2.01. The van der Waals surface area contributed by atoms with Gasteiger partial charge in [-0.25, -0.2) is 9.97 Å². The van der Waals surface area contributed by atoms with Crippen molar-refractivity contribution < 1.29 is 0 Å². The second-order valence-corrected chi connectivity index (χ2v) is 4.98. The summed E-state index contributed by atoms with van der Waals surface area (Å²) in [6.07, 6.45) is 2.63. The molecule has 0 aliphatic heterocycles. The predicted molar refractivity (Wildman–Crippen MR) is 68.9 cm³/mol. The first kappa shape index (κ1) is 11.3. The summed E-state index contributed by atoms with van der Waals surface area (Å²) in [5, 5.41) is 4.36. The lowest BCUT2D eigenvalue weighted by molar-refractivity contribution is 0.778. The van der Waals surface area contributed by atoms with Gasteiger partial charge in [0.2, 0.25) is 0 Å². The molecule has 0 aliphatic rings. The van der Waals surface area contributed by atoms with Gasteiger partial charge in [-0.2, -0.15) is 0 Å². The van der Waals surface area contributed by atoms with Crippen LogP contribution in [0, 0.1) is 0 Å². The highest BCUT2D eigenvalue weighted by molar-refractivity contribution is 7.18. The molecule has 16 heavy (non-hydrogen) atoms. The number of thiophene rings is 1. The van der Waals surface area contributed by atoms with Gasteiger partial charge >= 0.3 is 0 Å². The van der Waals surface area contributed by atoms with Crippen molar-refractivity contribution in [3.8, 4) is 0 Å². The first-order chi connectivity index (χ1) is 7.70. The number of hydrogen-bond acceptors (Lipinski definition) is 5. The van der Waals surface area contributed by atoms with Crippen molar-refractivity contribution in [1.29, 1.82) is 0 Å². The molecule has 0 bridgehead atoms. The lowest BCUT2D eigenvalue weighted by Crippen LogP contribution is -2.25. The zero-order valence-electron chi connectivity index (χ0n) is 9.53. The van der Waals surface area contributed by atoms with E-state index in [9.17, 15) is 0 Å². The third kappa shape index (κ3) is 2.31. The van der Waals surface area contributed by atoms with E-state index in [0.717, 1.165) is 29.0 Å². The molecule has 2 heterocycles. The van der Waals surface area contributed by atoms with Crippen LogP contribution in [0.1, 0.15) is 18.7 Å². The quantitative estimate of drug-likeness (QED) is 0.852. The van der Waals surface area contributed by atoms with Gasteiger partial charge in [-0.15, -0.1) is 11.3 Å². The van der Waals surface area contributed by atoms with E-state index in [1.807, 2.05) is 6.92 Å². The number of rotatable bonds is 4. The van der Waals surface area contributed by atoms with Crippen molar-refractivity contribution in [3.05, 3.63) is 17.3 Å². The molecule has 2 rings (SSSR count). The number of nitrogens with two attached hydrogens (primary N) is 1. The Bertz CT molecular complexity index is 478. The van der Waals surface area contributed by atoms with Crippen LogP contribution in [-0.2, 0) is 6.42 Å². The number of nitrogens with zero attached hydrogens (tertiary/aromatic N) is 2. The Morgan fingerprint density at radius 2 is 2.31 bits per heavy atom. The van der Waals surface area contributed by atoms with Crippen molar-refractivity contribution in [2.75, 3.05) is 11.9 Å². The Hall–Kier alpha value is -1.20. The largest absolute Gasteiger partial charge is 0.368 e. The molecule has 1 unspecified atom stereocenters. The SMILES string of the molecule is CCc1cc2c(NCC(C)N)ncnc2s1. The van der Waals surface area contributed by atoms with E-state index in [1.54, 1.807) is 17.7 Å². The summed E-state index contributed by atoms with van der Waals surface area (Å²) >= 11 is 1.72. The van der Waals surface area contributed by atoms with Crippen LogP contribution in [0.15, 0.2) is 12.4 Å². The van der Waals surface area contributed by atoms with Crippen LogP contribution in [0.4, 0.5) is 5.82 Å². The fourth-order valence-electron chi connectivity index (χ4n) is 1.48. The van der Waals surface area contributed by atoms with Gasteiger partial charge in [-0.3, -0.25) is 0 Å². The molecule has 5 heteroatoms. The Labute approximate surface area is 98.9 Å². The number of anilines is 1. The molecular formula is C11H16N4S. The minimum absolute atomic E-state index is 0.120. The molecule has 4 nitrogen and oxygen atoms in total. The second kappa shape index (κ2) is 4.76. The van der Waals surface area contributed by atoms with Crippen LogP contribution in [0.2, 0.25) is 0 Å². The van der Waals surface area contributed by atoms with E-state index < -0.39 is 0 Å². The third-order valence-electron chi connectivity index (χ3n) is 2.32. The highest BCUT2D eigenvalue weighted by Gasteiger charge is 2.07. The molecule has 86 valence electrons. The average molecular weight is 236 g/mol. The number of aromatic nitrogens is 2. The fraction of sp³-hybridized carbons (Fsp3) is 0.455. The van der Waals surface area contributed by atoms with Crippen molar-refractivity contribution >= 4 is 27.4 Å². The lowest BCUT2D eigenvalue weighted by Gasteiger charge is -2.08. The number of aryl methyl sites for hydroxylation is 1. The van der Waals surface area contributed by atoms with E-state index >= 15 is 0 Å². The summed E-state index contributed by atoms with van der Waals surface area (Å²) in [6, 6.07) is 2.28. The molecule has 0 amide bonds. The van der Waals surface area contributed by atoms with Gasteiger partial charge in [0, 0.05) is 17.5 Å². The van der Waals surface area contributed by atoms with Crippen LogP contribution in [0.25, 0.3) is 10.2 Å². The summed E-state index contributed by atoms with van der Waals surface area (Å²) in [6.45, 7) is 4.84. The third-order valence-corrected chi connectivity index (χ3v) is 3.51. The van der Waals surface area contributed by atoms with Crippen LogP contribution < -0.4 is 11.1 Å². The Morgan fingerprint density at radius 3 is 3.00 bits per heavy atom. The smallest absolute Gasteiger partial charge is 0.138 e. The lowest BCUT2D eigenvalue weighted by atomic mass is 10.3. The first-order valence-electron chi connectivity index (χ1n) is 5.43. The van der Waals surface area contributed by atoms with Crippen LogP contribution in [0.3, 0.4) is 0 Å². The summed E-state index contributed by atoms with van der Waals surface area (Å²) in [7, 11) is 0. The van der Waals surface area contributed by atoms with E-state index in [0.29, 0.717) is 0 Å². The summed E-state index contributed by atoms with van der Waals surface area (Å²) in [5.74, 6) is 0.887. The number of fused-ring (bicyclic) bond motifs is 1. The average Bonchev–Trinajstić information content (AvgIpc) is 2.69. The maximum Gasteiger partial charge on any atom is 0.138 e. The Balaban J connectivity index is 2.33. The molecular weight excluding hydrogens is 220 g/mol. The molecule has 2 aromatic rings. The van der Waals surface area contributed by atoms with Gasteiger partial charge in [0.1, 0.15) is 17.0 Å². The zero-order valence-corrected chi connectivity index (χ0v) is 10.3. The Kier molecular flexibility index (Phi) is 3.36. The maximum absolute atomic E-state index is 5.71. The molecule has 0 radical (unpaired) electrons. The zero-order chi connectivity index (χ0) is 11.5. The van der Waals surface area contributed by atoms with Gasteiger partial charge in [0.05, 0.1) is 5.39 Å². The Morgan fingerprint density at radius 1 is 1.50 bits per heavy atom. The second-order valence-electron chi connectivity index (χ2n) is 3.87. The van der Waals surface area contributed by atoms with E-state index in [1.165, 1.54) is 4.88 Å².